The van der Waals surface area contributed by atoms with Crippen LogP contribution in [0.4, 0.5) is 8.78 Å². The highest BCUT2D eigenvalue weighted by molar-refractivity contribution is 6.34. The molecule has 3 fully saturated rings. The topological polar surface area (TPSA) is 134 Å². The maximum absolute atomic E-state index is 14.4. The van der Waals surface area contributed by atoms with E-state index >= 15 is 0 Å². The smallest absolute Gasteiger partial charge is 0.251 e. The summed E-state index contributed by atoms with van der Waals surface area (Å²) in [5.74, 6) is -3.42. The number of alkyl halides is 2. The lowest BCUT2D eigenvalue weighted by Crippen LogP contribution is -2.43. The Hall–Kier alpha value is -4.32. The number of hydrogen-bond donors (Lipinski definition) is 2. The number of nitrogens with one attached hydrogen (secondary N) is 1. The van der Waals surface area contributed by atoms with E-state index < -0.39 is 29.1 Å². The highest BCUT2D eigenvalue weighted by Crippen LogP contribution is 2.52. The van der Waals surface area contributed by atoms with Crippen LogP contribution in [0.15, 0.2) is 36.5 Å². The molecule has 0 spiro atoms. The number of amides is 2. The third-order valence-corrected chi connectivity index (χ3v) is 10.7. The van der Waals surface area contributed by atoms with E-state index in [1.165, 1.54) is 7.11 Å². The van der Waals surface area contributed by atoms with Crippen LogP contribution in [0.25, 0.3) is 16.8 Å². The van der Waals surface area contributed by atoms with Gasteiger partial charge in [0.25, 0.3) is 5.91 Å². The molecule has 13 heteroatoms. The predicted octanol–water partition coefficient (Wildman–Crippen LogP) is 5.90. The molecule has 0 saturated heterocycles. The number of rotatable bonds is 10. The number of carbonyl (C=O) groups is 2. The monoisotopic (exact) mass is 676 g/mol. The Morgan fingerprint density at radius 3 is 2.58 bits per heavy atom. The van der Waals surface area contributed by atoms with Crippen molar-refractivity contribution in [2.45, 2.75) is 74.5 Å². The lowest BCUT2D eigenvalue weighted by molar-refractivity contribution is -0.123. The first-order valence-electron chi connectivity index (χ1n) is 16.3. The maximum atomic E-state index is 14.4. The average molecular weight is 677 g/mol. The quantitative estimate of drug-likeness (QED) is 0.214. The van der Waals surface area contributed by atoms with Crippen LogP contribution in [-0.2, 0) is 10.2 Å². The van der Waals surface area contributed by atoms with Crippen LogP contribution in [0.3, 0.4) is 0 Å². The number of fused-ring (bicyclic) bond motifs is 2. The lowest BCUT2D eigenvalue weighted by atomic mass is 9.71. The first-order chi connectivity index (χ1) is 23.0. The summed E-state index contributed by atoms with van der Waals surface area (Å²) in [7, 11) is 1.52. The summed E-state index contributed by atoms with van der Waals surface area (Å²) >= 11 is 6.92. The van der Waals surface area contributed by atoms with Gasteiger partial charge in [-0.1, -0.05) is 11.6 Å². The van der Waals surface area contributed by atoms with Crippen molar-refractivity contribution in [2.24, 2.45) is 11.7 Å². The van der Waals surface area contributed by atoms with Crippen LogP contribution in [0.1, 0.15) is 96.2 Å². The fourth-order valence-corrected chi connectivity index (χ4v) is 7.37. The van der Waals surface area contributed by atoms with E-state index in [1.54, 1.807) is 41.9 Å². The lowest BCUT2D eigenvalue weighted by Gasteiger charge is -2.40. The molecule has 8 rings (SSSR count). The van der Waals surface area contributed by atoms with Crippen molar-refractivity contribution in [3.63, 3.8) is 0 Å². The second-order valence-corrected chi connectivity index (χ2v) is 14.3. The first kappa shape index (κ1) is 31.0. The molecule has 2 amide bonds. The molecule has 250 valence electrons. The number of aromatic nitrogens is 4. The molecule has 5 heterocycles. The molecule has 1 aliphatic heterocycles. The van der Waals surface area contributed by atoms with E-state index in [2.05, 4.69) is 15.4 Å². The Kier molecular flexibility index (Phi) is 7.17. The number of halogens is 3. The van der Waals surface area contributed by atoms with Gasteiger partial charge in [-0.3, -0.25) is 14.6 Å². The molecule has 48 heavy (non-hydrogen) atoms. The summed E-state index contributed by atoms with van der Waals surface area (Å²) < 4.78 is 42.0. The maximum Gasteiger partial charge on any atom is 0.251 e. The van der Waals surface area contributed by atoms with Crippen molar-refractivity contribution < 1.29 is 27.8 Å². The van der Waals surface area contributed by atoms with E-state index in [-0.39, 0.29) is 37.8 Å². The van der Waals surface area contributed by atoms with E-state index in [0.717, 1.165) is 42.6 Å². The second kappa shape index (κ2) is 11.1. The molecule has 2 atom stereocenters. The van der Waals surface area contributed by atoms with Crippen molar-refractivity contribution in [3.05, 3.63) is 69.8 Å². The molecule has 4 aromatic heterocycles. The summed E-state index contributed by atoms with van der Waals surface area (Å²) in [6.45, 7) is 1.72. The minimum atomic E-state index is -2.81. The molecule has 0 bridgehead atoms. The van der Waals surface area contributed by atoms with Crippen LogP contribution in [-0.4, -0.2) is 57.6 Å². The number of primary amides is 1. The van der Waals surface area contributed by atoms with E-state index in [0.29, 0.717) is 50.6 Å². The average Bonchev–Trinajstić information content (AvgIpc) is 3.99. The van der Waals surface area contributed by atoms with E-state index in [4.69, 9.17) is 31.8 Å². The zero-order valence-electron chi connectivity index (χ0n) is 26.6. The highest BCUT2D eigenvalue weighted by Gasteiger charge is 2.50. The van der Waals surface area contributed by atoms with Gasteiger partial charge in [0.15, 0.2) is 0 Å². The van der Waals surface area contributed by atoms with Gasteiger partial charge in [0.05, 0.1) is 29.0 Å². The molecule has 3 aliphatic carbocycles. The summed E-state index contributed by atoms with van der Waals surface area (Å²) in [4.78, 5) is 35.9. The number of hydrogen-bond acceptors (Lipinski definition) is 7. The zero-order chi connectivity index (χ0) is 33.5. The number of nitrogens with two attached hydrogens (primary N) is 1. The fraction of sp³-hybridized carbons (Fsp3) is 0.457. The fourth-order valence-electron chi connectivity index (χ4n) is 7.02. The molecule has 0 unspecified atom stereocenters. The summed E-state index contributed by atoms with van der Waals surface area (Å²) in [6.07, 6.45) is 5.09. The molecular weight excluding hydrogens is 642 g/mol. The Labute approximate surface area is 280 Å². The Balaban J connectivity index is 1.17. The molecule has 3 N–H and O–H groups in total. The predicted molar refractivity (Wildman–Crippen MR) is 173 cm³/mol. The molecule has 4 aromatic rings. The molecular formula is C35H35ClF2N6O4. The molecule has 0 radical (unpaired) electrons. The Bertz CT molecular complexity index is 1990. The van der Waals surface area contributed by atoms with Gasteiger partial charge in [-0.2, -0.15) is 5.10 Å². The summed E-state index contributed by atoms with van der Waals surface area (Å²) in [5.41, 5.74) is 9.45. The summed E-state index contributed by atoms with van der Waals surface area (Å²) in [6, 6.07) is 8.79. The van der Waals surface area contributed by atoms with Crippen molar-refractivity contribution in [3.8, 4) is 22.9 Å². The molecule has 0 aromatic carbocycles. The van der Waals surface area contributed by atoms with Gasteiger partial charge >= 0.3 is 0 Å². The number of pyridine rings is 3. The standard InChI is InChI=1S/C35H35ClF2N6O4/c1-34(33(39)46)16-48-31-24(34)12-26(42-30(31)22-7-8-40-29(28(22)36)18-5-6-18)23(20-13-35(37,38)14-20)15-41-32(45)19-9-21-11-25(17-3-4-17)43-44(21)27(10-19)47-2/h7-12,17-18,20,23H,3-6,13-16H2,1-2H3,(H2,39,46)(H,41,45)/t23-,34-/m0/s1. The van der Waals surface area contributed by atoms with Crippen LogP contribution in [0, 0.1) is 5.92 Å². The van der Waals surface area contributed by atoms with Gasteiger partial charge < -0.3 is 20.5 Å². The van der Waals surface area contributed by atoms with E-state index in [9.17, 15) is 18.4 Å². The van der Waals surface area contributed by atoms with Crippen molar-refractivity contribution >= 4 is 28.9 Å². The summed E-state index contributed by atoms with van der Waals surface area (Å²) in [5, 5.41) is 8.07. The van der Waals surface area contributed by atoms with Crippen molar-refractivity contribution in [2.75, 3.05) is 20.3 Å². The van der Waals surface area contributed by atoms with Gasteiger partial charge in [0.1, 0.15) is 23.5 Å². The molecule has 4 aliphatic rings. The Morgan fingerprint density at radius 2 is 1.92 bits per heavy atom. The van der Waals surface area contributed by atoms with Crippen molar-refractivity contribution in [1.29, 1.82) is 0 Å². The van der Waals surface area contributed by atoms with Crippen LogP contribution in [0.2, 0.25) is 5.02 Å². The largest absolute Gasteiger partial charge is 0.489 e. The third kappa shape index (κ3) is 5.24. The zero-order valence-corrected chi connectivity index (χ0v) is 27.3. The first-order valence-corrected chi connectivity index (χ1v) is 16.7. The second-order valence-electron chi connectivity index (χ2n) is 13.9. The molecule has 10 nitrogen and oxygen atoms in total. The normalized spacial score (nSPS) is 22.1. The minimum Gasteiger partial charge on any atom is -0.489 e. The van der Waals surface area contributed by atoms with Crippen LogP contribution in [0.5, 0.6) is 11.6 Å². The Morgan fingerprint density at radius 1 is 1.17 bits per heavy atom. The number of carbonyl (C=O) groups excluding carboxylic acids is 2. The number of methoxy groups -OCH3 is 1. The number of nitrogens with zero attached hydrogens (tertiary/aromatic N) is 4. The van der Waals surface area contributed by atoms with E-state index in [1.807, 2.05) is 6.07 Å². The van der Waals surface area contributed by atoms with Gasteiger partial charge in [-0.25, -0.2) is 18.3 Å². The van der Waals surface area contributed by atoms with Gasteiger partial charge in [0.2, 0.25) is 17.7 Å². The minimum absolute atomic E-state index is 0.00173. The van der Waals surface area contributed by atoms with Crippen molar-refractivity contribution in [1.82, 2.24) is 24.9 Å². The van der Waals surface area contributed by atoms with Crippen LogP contribution < -0.4 is 20.5 Å². The highest BCUT2D eigenvalue weighted by atomic mass is 35.5. The SMILES string of the molecule is COc1cc(C(=O)NC[C@H](c2cc3c(c(-c4ccnc(C5CC5)c4Cl)n2)OC[C@]3(C)C(N)=O)C2CC(F)(F)C2)cc2cc(C3CC3)nn12. The van der Waals surface area contributed by atoms with Gasteiger partial charge in [-0.15, -0.1) is 0 Å². The molecule has 3 saturated carbocycles. The number of ether oxygens (including phenoxy) is 2. The third-order valence-electron chi connectivity index (χ3n) is 10.3. The van der Waals surface area contributed by atoms with Crippen LogP contribution >= 0.6 is 11.6 Å². The van der Waals surface area contributed by atoms with Gasteiger partial charge in [0, 0.05) is 71.8 Å². The van der Waals surface area contributed by atoms with Gasteiger partial charge in [-0.05, 0) is 62.8 Å².